The monoisotopic (exact) mass is 452 g/mol. The van der Waals surface area contributed by atoms with E-state index < -0.39 is 0 Å². The summed E-state index contributed by atoms with van der Waals surface area (Å²) in [4.78, 5) is 17.0. The van der Waals surface area contributed by atoms with E-state index in [4.69, 9.17) is 0 Å². The lowest BCUT2D eigenvalue weighted by molar-refractivity contribution is -0.120. The fourth-order valence-corrected chi connectivity index (χ4v) is 3.36. The maximum atomic E-state index is 12.0. The first kappa shape index (κ1) is 27.4. The van der Waals surface area contributed by atoms with Crippen molar-refractivity contribution >= 4 is 43.1 Å². The first-order valence-electron chi connectivity index (χ1n) is 9.73. The van der Waals surface area contributed by atoms with Crippen LogP contribution in [0.1, 0.15) is 30.9 Å². The Balaban J connectivity index is 0.00000243. The molecule has 1 aliphatic heterocycles. The number of nitrogens with zero attached hydrogens (tertiary/aromatic N) is 2. The van der Waals surface area contributed by atoms with Gasteiger partial charge in [-0.3, -0.25) is 9.69 Å². The van der Waals surface area contributed by atoms with Gasteiger partial charge in [0.1, 0.15) is 0 Å². The van der Waals surface area contributed by atoms with Crippen molar-refractivity contribution in [2.45, 2.75) is 32.9 Å². The molecule has 1 amide bonds. The number of halogens is 3. The molecule has 1 aromatic carbocycles. The Labute approximate surface area is 188 Å². The summed E-state index contributed by atoms with van der Waals surface area (Å²) < 4.78 is 0. The van der Waals surface area contributed by atoms with Crippen molar-refractivity contribution in [3.63, 3.8) is 0 Å². The fourth-order valence-electron chi connectivity index (χ4n) is 3.36. The number of benzene rings is 1. The van der Waals surface area contributed by atoms with Crippen molar-refractivity contribution in [1.82, 2.24) is 20.4 Å². The Bertz CT molecular complexity index is 564. The summed E-state index contributed by atoms with van der Waals surface area (Å²) in [5.41, 5.74) is 2.56. The lowest BCUT2D eigenvalue weighted by atomic mass is 10.1. The summed E-state index contributed by atoms with van der Waals surface area (Å²) in [6.07, 6.45) is 2.63. The van der Waals surface area contributed by atoms with Crippen LogP contribution in [-0.2, 0) is 17.9 Å². The summed E-state index contributed by atoms with van der Waals surface area (Å²) >= 11 is 0. The zero-order valence-electron chi connectivity index (χ0n) is 16.7. The number of hydrogen-bond donors (Lipinski definition) is 2. The molecule has 2 fully saturated rings. The maximum absolute atomic E-state index is 12.0. The van der Waals surface area contributed by atoms with Crippen molar-refractivity contribution in [2.75, 3.05) is 45.8 Å². The highest BCUT2D eigenvalue weighted by atomic mass is 35.5. The minimum absolute atomic E-state index is 0. The Morgan fingerprint density at radius 2 is 1.61 bits per heavy atom. The number of hydrogen-bond acceptors (Lipinski definition) is 4. The minimum Gasteiger partial charge on any atom is -0.351 e. The summed E-state index contributed by atoms with van der Waals surface area (Å²) in [6.45, 7) is 10.9. The Kier molecular flexibility index (Phi) is 14.1. The summed E-state index contributed by atoms with van der Waals surface area (Å²) in [5.74, 6) is 0.897. The van der Waals surface area contributed by atoms with E-state index in [2.05, 4.69) is 51.6 Å². The predicted octanol–water partition coefficient (Wildman–Crippen LogP) is 2.71. The van der Waals surface area contributed by atoms with Gasteiger partial charge in [0.15, 0.2) is 0 Å². The molecule has 0 radical (unpaired) electrons. The molecule has 0 atom stereocenters. The Hall–Kier alpha value is -0.560. The van der Waals surface area contributed by atoms with Crippen LogP contribution in [0, 0.1) is 5.92 Å². The molecule has 162 valence electrons. The Morgan fingerprint density at radius 1 is 1.00 bits per heavy atom. The third kappa shape index (κ3) is 9.29. The predicted molar refractivity (Wildman–Crippen MR) is 123 cm³/mol. The smallest absolute Gasteiger partial charge is 0.234 e. The number of carbonyl (C=O) groups excluding carboxylic acids is 1. The van der Waals surface area contributed by atoms with Gasteiger partial charge in [0, 0.05) is 39.3 Å². The van der Waals surface area contributed by atoms with Crippen molar-refractivity contribution in [1.29, 1.82) is 0 Å². The first-order chi connectivity index (χ1) is 12.2. The van der Waals surface area contributed by atoms with Crippen molar-refractivity contribution in [3.8, 4) is 0 Å². The summed E-state index contributed by atoms with van der Waals surface area (Å²) in [6, 6.07) is 8.49. The lowest BCUT2D eigenvalue weighted by Gasteiger charge is -2.34. The van der Waals surface area contributed by atoms with Gasteiger partial charge in [-0.1, -0.05) is 31.2 Å². The van der Waals surface area contributed by atoms with Crippen LogP contribution in [0.25, 0.3) is 0 Å². The van der Waals surface area contributed by atoms with E-state index in [1.165, 1.54) is 24.0 Å². The molecule has 8 heteroatoms. The van der Waals surface area contributed by atoms with E-state index in [-0.39, 0.29) is 43.1 Å². The van der Waals surface area contributed by atoms with Gasteiger partial charge in [-0.2, -0.15) is 0 Å². The molecule has 1 saturated carbocycles. The maximum Gasteiger partial charge on any atom is 0.234 e. The van der Waals surface area contributed by atoms with Crippen molar-refractivity contribution < 1.29 is 4.79 Å². The van der Waals surface area contributed by atoms with Crippen LogP contribution >= 0.6 is 37.2 Å². The summed E-state index contributed by atoms with van der Waals surface area (Å²) in [7, 11) is 0. The van der Waals surface area contributed by atoms with Crippen LogP contribution in [0.5, 0.6) is 0 Å². The Morgan fingerprint density at radius 3 is 2.21 bits per heavy atom. The van der Waals surface area contributed by atoms with E-state index in [0.717, 1.165) is 51.7 Å². The molecule has 1 aliphatic carbocycles. The molecule has 28 heavy (non-hydrogen) atoms. The van der Waals surface area contributed by atoms with Gasteiger partial charge in [-0.25, -0.2) is 0 Å². The zero-order chi connectivity index (χ0) is 17.5. The van der Waals surface area contributed by atoms with Crippen molar-refractivity contribution in [2.24, 2.45) is 5.92 Å². The van der Waals surface area contributed by atoms with E-state index in [1.54, 1.807) is 0 Å². The van der Waals surface area contributed by atoms with E-state index in [9.17, 15) is 4.79 Å². The van der Waals surface area contributed by atoms with Crippen LogP contribution < -0.4 is 10.6 Å². The van der Waals surface area contributed by atoms with Crippen LogP contribution in [0.15, 0.2) is 24.3 Å². The van der Waals surface area contributed by atoms with Gasteiger partial charge in [-0.05, 0) is 43.0 Å². The highest BCUT2D eigenvalue weighted by molar-refractivity contribution is 5.86. The van der Waals surface area contributed by atoms with Gasteiger partial charge in [0.2, 0.25) is 5.91 Å². The number of piperazine rings is 1. The van der Waals surface area contributed by atoms with E-state index in [1.807, 2.05) is 0 Å². The molecule has 0 spiro atoms. The minimum atomic E-state index is 0. The summed E-state index contributed by atoms with van der Waals surface area (Å²) in [5, 5.41) is 6.31. The molecular weight excluding hydrogens is 419 g/mol. The molecule has 1 heterocycles. The molecule has 3 rings (SSSR count). The molecule has 1 aromatic rings. The molecule has 2 aliphatic rings. The van der Waals surface area contributed by atoms with E-state index >= 15 is 0 Å². The van der Waals surface area contributed by atoms with E-state index in [0.29, 0.717) is 13.1 Å². The molecular formula is C20H35Cl3N4O. The molecule has 0 unspecified atom stereocenters. The molecule has 0 aromatic heterocycles. The number of likely N-dealkylation sites (N-methyl/N-ethyl adjacent to an activating group) is 1. The van der Waals surface area contributed by atoms with Gasteiger partial charge in [0.25, 0.3) is 0 Å². The second-order valence-corrected chi connectivity index (χ2v) is 7.33. The lowest BCUT2D eigenvalue weighted by Crippen LogP contribution is -2.45. The topological polar surface area (TPSA) is 47.6 Å². The largest absolute Gasteiger partial charge is 0.351 e. The van der Waals surface area contributed by atoms with Crippen LogP contribution in [0.3, 0.4) is 0 Å². The molecule has 5 nitrogen and oxygen atoms in total. The third-order valence-corrected chi connectivity index (χ3v) is 5.32. The first-order valence-corrected chi connectivity index (χ1v) is 9.73. The molecule has 1 saturated heterocycles. The number of rotatable bonds is 9. The second kappa shape index (κ2) is 14.4. The number of nitrogens with one attached hydrogen (secondary N) is 2. The van der Waals surface area contributed by atoms with Gasteiger partial charge >= 0.3 is 0 Å². The SMILES string of the molecule is CCN1CCN(Cc2ccccc2CNC(=O)CNCC2CC2)CC1.Cl.Cl.Cl. The number of amides is 1. The molecule has 0 bridgehead atoms. The number of carbonyl (C=O) groups is 1. The van der Waals surface area contributed by atoms with Crippen LogP contribution in [0.4, 0.5) is 0 Å². The average Bonchev–Trinajstić information content (AvgIpc) is 3.46. The van der Waals surface area contributed by atoms with Crippen LogP contribution in [-0.4, -0.2) is 61.5 Å². The van der Waals surface area contributed by atoms with Gasteiger partial charge in [0.05, 0.1) is 6.54 Å². The van der Waals surface area contributed by atoms with Crippen LogP contribution in [0.2, 0.25) is 0 Å². The fraction of sp³-hybridized carbons (Fsp3) is 0.650. The van der Waals surface area contributed by atoms with Gasteiger partial charge in [-0.15, -0.1) is 37.2 Å². The van der Waals surface area contributed by atoms with Gasteiger partial charge < -0.3 is 15.5 Å². The zero-order valence-corrected chi connectivity index (χ0v) is 19.1. The quantitative estimate of drug-likeness (QED) is 0.603. The highest BCUT2D eigenvalue weighted by Crippen LogP contribution is 2.27. The standard InChI is InChI=1S/C20H32N4O.3ClH/c1-2-23-9-11-24(12-10-23)16-19-6-4-3-5-18(19)14-22-20(25)15-21-13-17-7-8-17;;;/h3-6,17,21H,2,7-16H2,1H3,(H,22,25);3*1H. The molecule has 2 N–H and O–H groups in total. The highest BCUT2D eigenvalue weighted by Gasteiger charge is 2.20. The van der Waals surface area contributed by atoms with Crippen molar-refractivity contribution in [3.05, 3.63) is 35.4 Å². The third-order valence-electron chi connectivity index (χ3n) is 5.32. The second-order valence-electron chi connectivity index (χ2n) is 7.33. The normalized spacial score (nSPS) is 17.0. The average molecular weight is 454 g/mol.